The molecule has 2 saturated heterocycles. The van der Waals surface area contributed by atoms with E-state index in [1.807, 2.05) is 91.0 Å². The third kappa shape index (κ3) is 3.34. The fourth-order valence-corrected chi connectivity index (χ4v) is 5.08. The molecule has 0 aliphatic carbocycles. The summed E-state index contributed by atoms with van der Waals surface area (Å²) in [4.78, 5) is 39.1. The number of hydrogen-bond donors (Lipinski definition) is 0. The number of amides is 2. The number of anilines is 1. The highest BCUT2D eigenvalue weighted by molar-refractivity contribution is 6.30. The second-order valence-corrected chi connectivity index (χ2v) is 8.83. The van der Waals surface area contributed by atoms with Crippen molar-refractivity contribution in [3.8, 4) is 0 Å². The number of para-hydroxylation sites is 2. The Morgan fingerprint density at radius 2 is 1.53 bits per heavy atom. The van der Waals surface area contributed by atoms with Crippen LogP contribution < -0.4 is 5.06 Å². The number of fused-ring (bicyclic) bond motifs is 2. The minimum atomic E-state index is -0.927. The standard InChI is InChI=1S/C27H20ClN3O3/c28-25-20(15-18-11-7-8-14-21(18)29-25)23-22-24(34-31(23)19-12-5-2-6-13-19)27(33)30(26(22)32)16-17-9-3-1-4-10-17/h1-15,22-24H,16H2. The van der Waals surface area contributed by atoms with Crippen LogP contribution in [0.1, 0.15) is 17.2 Å². The normalized spacial score (nSPS) is 22.0. The quantitative estimate of drug-likeness (QED) is 0.313. The van der Waals surface area contributed by atoms with Crippen molar-refractivity contribution in [2.75, 3.05) is 5.06 Å². The van der Waals surface area contributed by atoms with E-state index in [1.54, 1.807) is 5.06 Å². The SMILES string of the molecule is O=C1C2ON(c3ccccc3)C(c3cc4ccccc4nc3Cl)C2C(=O)N1Cc1ccccc1. The Hall–Kier alpha value is -3.74. The molecular formula is C27H20ClN3O3. The first-order valence-corrected chi connectivity index (χ1v) is 11.4. The maximum absolute atomic E-state index is 13.7. The smallest absolute Gasteiger partial charge is 0.262 e. The molecule has 6 nitrogen and oxygen atoms in total. The largest absolute Gasteiger partial charge is 0.275 e. The number of imide groups is 1. The average molecular weight is 470 g/mol. The number of rotatable bonds is 4. The van der Waals surface area contributed by atoms with Gasteiger partial charge in [-0.1, -0.05) is 78.3 Å². The maximum Gasteiger partial charge on any atom is 0.262 e. The van der Waals surface area contributed by atoms with E-state index in [-0.39, 0.29) is 23.5 Å². The van der Waals surface area contributed by atoms with Gasteiger partial charge in [-0.25, -0.2) is 10.0 Å². The molecule has 3 aromatic carbocycles. The molecule has 2 fully saturated rings. The van der Waals surface area contributed by atoms with E-state index in [2.05, 4.69) is 4.98 Å². The number of carbonyl (C=O) groups excluding carboxylic acids is 2. The first kappa shape index (κ1) is 20.8. The van der Waals surface area contributed by atoms with E-state index in [1.165, 1.54) is 4.90 Å². The molecule has 0 saturated carbocycles. The van der Waals surface area contributed by atoms with E-state index in [0.29, 0.717) is 5.56 Å². The van der Waals surface area contributed by atoms with Crippen molar-refractivity contribution in [1.82, 2.24) is 9.88 Å². The molecular weight excluding hydrogens is 450 g/mol. The Kier molecular flexibility index (Phi) is 5.05. The van der Waals surface area contributed by atoms with E-state index < -0.39 is 18.1 Å². The highest BCUT2D eigenvalue weighted by atomic mass is 35.5. The molecule has 2 aliphatic rings. The Bertz CT molecular complexity index is 1400. The van der Waals surface area contributed by atoms with E-state index >= 15 is 0 Å². The fourth-order valence-electron chi connectivity index (χ4n) is 4.82. The molecule has 3 heterocycles. The zero-order valence-corrected chi connectivity index (χ0v) is 18.8. The lowest BCUT2D eigenvalue weighted by Crippen LogP contribution is -2.37. The summed E-state index contributed by atoms with van der Waals surface area (Å²) in [7, 11) is 0. The zero-order valence-electron chi connectivity index (χ0n) is 18.0. The summed E-state index contributed by atoms with van der Waals surface area (Å²) in [5.74, 6) is -1.35. The van der Waals surface area contributed by atoms with Crippen molar-refractivity contribution >= 4 is 40.0 Å². The molecule has 2 aliphatic heterocycles. The molecule has 0 bridgehead atoms. The van der Waals surface area contributed by atoms with Gasteiger partial charge < -0.3 is 0 Å². The minimum absolute atomic E-state index is 0.205. The second-order valence-electron chi connectivity index (χ2n) is 8.47. The molecule has 168 valence electrons. The van der Waals surface area contributed by atoms with Gasteiger partial charge in [-0.2, -0.15) is 0 Å². The Labute approximate surface area is 201 Å². The number of likely N-dealkylation sites (tertiary alicyclic amines) is 1. The van der Waals surface area contributed by atoms with Crippen molar-refractivity contribution in [3.05, 3.63) is 107 Å². The molecule has 3 unspecified atom stereocenters. The molecule has 0 radical (unpaired) electrons. The van der Waals surface area contributed by atoms with Gasteiger partial charge in [0.05, 0.1) is 23.8 Å². The first-order valence-electron chi connectivity index (χ1n) is 11.1. The van der Waals surface area contributed by atoms with Gasteiger partial charge in [0.1, 0.15) is 11.1 Å². The van der Waals surface area contributed by atoms with Gasteiger partial charge in [-0.05, 0) is 29.8 Å². The van der Waals surface area contributed by atoms with Crippen LogP contribution in [0.4, 0.5) is 5.69 Å². The van der Waals surface area contributed by atoms with Crippen LogP contribution in [0.15, 0.2) is 91.0 Å². The van der Waals surface area contributed by atoms with E-state index in [9.17, 15) is 9.59 Å². The number of aromatic nitrogens is 1. The number of hydroxylamine groups is 1. The summed E-state index contributed by atoms with van der Waals surface area (Å²) in [6.45, 7) is 0.205. The van der Waals surface area contributed by atoms with Gasteiger partial charge >= 0.3 is 0 Å². The minimum Gasteiger partial charge on any atom is -0.275 e. The van der Waals surface area contributed by atoms with Crippen LogP contribution in [-0.4, -0.2) is 27.8 Å². The van der Waals surface area contributed by atoms with Crippen molar-refractivity contribution in [3.63, 3.8) is 0 Å². The molecule has 3 atom stereocenters. The predicted molar refractivity (Wildman–Crippen MR) is 129 cm³/mol. The monoisotopic (exact) mass is 469 g/mol. The van der Waals surface area contributed by atoms with Crippen molar-refractivity contribution < 1.29 is 14.4 Å². The third-order valence-electron chi connectivity index (χ3n) is 6.42. The Morgan fingerprint density at radius 3 is 2.29 bits per heavy atom. The average Bonchev–Trinajstić information content (AvgIpc) is 3.37. The van der Waals surface area contributed by atoms with Crippen LogP contribution in [0.3, 0.4) is 0 Å². The van der Waals surface area contributed by atoms with E-state index in [4.69, 9.17) is 16.4 Å². The summed E-state index contributed by atoms with van der Waals surface area (Å²) >= 11 is 6.67. The predicted octanol–water partition coefficient (Wildman–Crippen LogP) is 4.93. The van der Waals surface area contributed by atoms with Crippen LogP contribution in [0.2, 0.25) is 5.15 Å². The summed E-state index contributed by atoms with van der Waals surface area (Å²) in [6.07, 6.45) is -0.927. The van der Waals surface area contributed by atoms with Crippen molar-refractivity contribution in [1.29, 1.82) is 0 Å². The summed E-state index contributed by atoms with van der Waals surface area (Å²) < 4.78 is 0. The van der Waals surface area contributed by atoms with Gasteiger partial charge in [0.15, 0.2) is 6.10 Å². The van der Waals surface area contributed by atoms with Crippen LogP contribution >= 0.6 is 11.6 Å². The van der Waals surface area contributed by atoms with Crippen LogP contribution in [0.5, 0.6) is 0 Å². The number of pyridine rings is 1. The molecule has 2 amide bonds. The van der Waals surface area contributed by atoms with Crippen LogP contribution in [0.25, 0.3) is 10.9 Å². The van der Waals surface area contributed by atoms with Gasteiger partial charge in [0.2, 0.25) is 5.91 Å². The van der Waals surface area contributed by atoms with Gasteiger partial charge in [-0.15, -0.1) is 0 Å². The summed E-state index contributed by atoms with van der Waals surface area (Å²) in [6, 6.07) is 27.9. The third-order valence-corrected chi connectivity index (χ3v) is 6.73. The van der Waals surface area contributed by atoms with Gasteiger partial charge in [0, 0.05) is 10.9 Å². The summed E-state index contributed by atoms with van der Waals surface area (Å²) in [5.41, 5.74) is 3.03. The fraction of sp³-hybridized carbons (Fsp3) is 0.148. The number of carbonyl (C=O) groups is 2. The molecule has 34 heavy (non-hydrogen) atoms. The number of benzene rings is 3. The first-order chi connectivity index (χ1) is 16.6. The lowest BCUT2D eigenvalue weighted by molar-refractivity contribution is -0.143. The highest BCUT2D eigenvalue weighted by Gasteiger charge is 2.60. The maximum atomic E-state index is 13.7. The van der Waals surface area contributed by atoms with Gasteiger partial charge in [-0.3, -0.25) is 19.3 Å². The molecule has 1 aromatic heterocycles. The number of halogens is 1. The highest BCUT2D eigenvalue weighted by Crippen LogP contribution is 2.48. The number of hydrogen-bond acceptors (Lipinski definition) is 5. The Balaban J connectivity index is 1.45. The van der Waals surface area contributed by atoms with Gasteiger partial charge in [0.25, 0.3) is 5.91 Å². The lowest BCUT2D eigenvalue weighted by atomic mass is 9.90. The van der Waals surface area contributed by atoms with Crippen molar-refractivity contribution in [2.24, 2.45) is 5.92 Å². The second kappa shape index (κ2) is 8.24. The van der Waals surface area contributed by atoms with Crippen LogP contribution in [-0.2, 0) is 21.0 Å². The molecule has 0 N–H and O–H groups in total. The molecule has 6 rings (SSSR count). The zero-order chi connectivity index (χ0) is 23.2. The molecule has 0 spiro atoms. The molecule has 7 heteroatoms. The van der Waals surface area contributed by atoms with E-state index in [0.717, 1.165) is 22.2 Å². The lowest BCUT2D eigenvalue weighted by Gasteiger charge is -2.29. The summed E-state index contributed by atoms with van der Waals surface area (Å²) in [5, 5.41) is 2.83. The Morgan fingerprint density at radius 1 is 0.853 bits per heavy atom. The van der Waals surface area contributed by atoms with Crippen molar-refractivity contribution in [2.45, 2.75) is 18.7 Å². The molecule has 4 aromatic rings. The topological polar surface area (TPSA) is 62.7 Å². The van der Waals surface area contributed by atoms with Crippen LogP contribution in [0, 0.1) is 5.92 Å². The number of nitrogens with zero attached hydrogens (tertiary/aromatic N) is 3.